The molecule has 0 heterocycles. The van der Waals surface area contributed by atoms with Crippen LogP contribution < -0.4 is 4.72 Å². The summed E-state index contributed by atoms with van der Waals surface area (Å²) in [5.74, 6) is -5.13. The lowest BCUT2D eigenvalue weighted by Crippen LogP contribution is -2.50. The van der Waals surface area contributed by atoms with Gasteiger partial charge >= 0.3 is 11.7 Å². The zero-order valence-electron chi connectivity index (χ0n) is 8.49. The number of rotatable bonds is 4. The van der Waals surface area contributed by atoms with Crippen LogP contribution in [0.5, 0.6) is 0 Å². The minimum Gasteiger partial charge on any atom is -0.480 e. The Balaban J connectivity index is 4.97. The number of halogens is 2. The fourth-order valence-corrected chi connectivity index (χ4v) is 1.70. The maximum atomic E-state index is 12.0. The molecule has 0 spiro atoms. The van der Waals surface area contributed by atoms with E-state index < -0.39 is 33.2 Å². The molecule has 2 N–H and O–H groups in total. The Morgan fingerprint density at radius 2 is 1.73 bits per heavy atom. The minimum atomic E-state index is -4.89. The lowest BCUT2D eigenvalue weighted by atomic mass is 9.88. The summed E-state index contributed by atoms with van der Waals surface area (Å²) in [6, 6.07) is -1.59. The maximum absolute atomic E-state index is 12.0. The van der Waals surface area contributed by atoms with Crippen LogP contribution in [-0.4, -0.2) is 31.3 Å². The quantitative estimate of drug-likeness (QED) is 0.760. The molecule has 0 saturated carbocycles. The van der Waals surface area contributed by atoms with Gasteiger partial charge in [0, 0.05) is 0 Å². The lowest BCUT2D eigenvalue weighted by molar-refractivity contribution is -0.141. The van der Waals surface area contributed by atoms with Crippen molar-refractivity contribution in [2.75, 3.05) is 0 Å². The van der Waals surface area contributed by atoms with Crippen LogP contribution in [-0.2, 0) is 14.8 Å². The predicted molar refractivity (Wildman–Crippen MR) is 48.9 cm³/mol. The Labute approximate surface area is 86.5 Å². The fourth-order valence-electron chi connectivity index (χ4n) is 0.813. The standard InChI is InChI=1S/C7H13F2NO4S/c1-7(2,3)4(5(11)12)10-15(13,14)6(8)9/h4,6,10H,1-3H3,(H,11,12)/t4-/m0/s1. The third-order valence-electron chi connectivity index (χ3n) is 1.63. The van der Waals surface area contributed by atoms with Crippen molar-refractivity contribution in [3.8, 4) is 0 Å². The van der Waals surface area contributed by atoms with Gasteiger partial charge in [0.1, 0.15) is 6.04 Å². The first-order chi connectivity index (χ1) is 6.48. The molecule has 0 unspecified atom stereocenters. The largest absolute Gasteiger partial charge is 0.480 e. The Bertz CT molecular complexity index is 333. The highest BCUT2D eigenvalue weighted by molar-refractivity contribution is 7.89. The molecule has 0 fully saturated rings. The second-order valence-corrected chi connectivity index (χ2v) is 5.74. The van der Waals surface area contributed by atoms with E-state index in [9.17, 15) is 22.0 Å². The van der Waals surface area contributed by atoms with Gasteiger partial charge in [0.05, 0.1) is 0 Å². The van der Waals surface area contributed by atoms with Crippen LogP contribution in [0.3, 0.4) is 0 Å². The summed E-state index contributed by atoms with van der Waals surface area (Å²) in [7, 11) is -4.89. The van der Waals surface area contributed by atoms with Crippen LogP contribution in [0, 0.1) is 5.41 Å². The highest BCUT2D eigenvalue weighted by atomic mass is 32.2. The van der Waals surface area contributed by atoms with E-state index in [0.29, 0.717) is 0 Å². The monoisotopic (exact) mass is 245 g/mol. The average Bonchev–Trinajstić information content (AvgIpc) is 1.97. The van der Waals surface area contributed by atoms with Gasteiger partial charge in [-0.25, -0.2) is 8.42 Å². The van der Waals surface area contributed by atoms with Gasteiger partial charge in [-0.05, 0) is 5.41 Å². The summed E-state index contributed by atoms with van der Waals surface area (Å²) in [5.41, 5.74) is -0.992. The molecule has 0 aliphatic rings. The lowest BCUT2D eigenvalue weighted by Gasteiger charge is -2.27. The van der Waals surface area contributed by atoms with E-state index in [-0.39, 0.29) is 0 Å². The van der Waals surface area contributed by atoms with E-state index >= 15 is 0 Å². The zero-order valence-corrected chi connectivity index (χ0v) is 9.31. The minimum absolute atomic E-state index is 0.992. The van der Waals surface area contributed by atoms with Gasteiger partial charge in [0.25, 0.3) is 10.0 Å². The van der Waals surface area contributed by atoms with Gasteiger partial charge in [-0.3, -0.25) is 4.79 Å². The number of sulfonamides is 1. The third kappa shape index (κ3) is 4.08. The zero-order chi connectivity index (χ0) is 12.4. The van der Waals surface area contributed by atoms with Crippen LogP contribution in [0.2, 0.25) is 0 Å². The second kappa shape index (κ2) is 4.40. The Kier molecular flexibility index (Phi) is 4.17. The summed E-state index contributed by atoms with van der Waals surface area (Å²) < 4.78 is 47.0. The fraction of sp³-hybridized carbons (Fsp3) is 0.857. The molecular weight excluding hydrogens is 232 g/mol. The van der Waals surface area contributed by atoms with Crippen molar-refractivity contribution in [2.24, 2.45) is 5.41 Å². The summed E-state index contributed by atoms with van der Waals surface area (Å²) in [4.78, 5) is 10.7. The van der Waals surface area contributed by atoms with Crippen LogP contribution >= 0.6 is 0 Å². The number of aliphatic carboxylic acids is 1. The molecule has 0 aromatic carbocycles. The van der Waals surface area contributed by atoms with Gasteiger partial charge in [-0.2, -0.15) is 13.5 Å². The van der Waals surface area contributed by atoms with Gasteiger partial charge in [-0.1, -0.05) is 20.8 Å². The summed E-state index contributed by atoms with van der Waals surface area (Å²) in [5, 5.41) is 8.68. The van der Waals surface area contributed by atoms with Crippen molar-refractivity contribution in [1.82, 2.24) is 4.72 Å². The second-order valence-electron chi connectivity index (χ2n) is 4.06. The number of nitrogens with one attached hydrogen (secondary N) is 1. The molecule has 1 atom stereocenters. The van der Waals surface area contributed by atoms with E-state index in [0.717, 1.165) is 0 Å². The molecule has 0 rings (SSSR count). The highest BCUT2D eigenvalue weighted by Gasteiger charge is 2.37. The average molecular weight is 245 g/mol. The predicted octanol–water partition coefficient (Wildman–Crippen LogP) is 0.628. The summed E-state index contributed by atoms with van der Waals surface area (Å²) in [6.45, 7) is 4.29. The number of hydrogen-bond acceptors (Lipinski definition) is 3. The molecule has 0 aliphatic carbocycles. The third-order valence-corrected chi connectivity index (χ3v) is 2.66. The first kappa shape index (κ1) is 14.2. The van der Waals surface area contributed by atoms with Crippen LogP contribution in [0.15, 0.2) is 0 Å². The smallest absolute Gasteiger partial charge is 0.350 e. The van der Waals surface area contributed by atoms with E-state index in [1.165, 1.54) is 25.5 Å². The summed E-state index contributed by atoms with van der Waals surface area (Å²) in [6.07, 6.45) is 0. The Hall–Kier alpha value is -0.760. The van der Waals surface area contributed by atoms with Gasteiger partial charge < -0.3 is 5.11 Å². The SMILES string of the molecule is CC(C)(C)[C@@H](NS(=O)(=O)C(F)F)C(=O)O. The Morgan fingerprint density at radius 1 is 1.33 bits per heavy atom. The van der Waals surface area contributed by atoms with Crippen molar-refractivity contribution in [3.05, 3.63) is 0 Å². The number of alkyl halides is 2. The molecule has 0 aliphatic heterocycles. The maximum Gasteiger partial charge on any atom is 0.350 e. The number of hydrogen-bond donors (Lipinski definition) is 2. The van der Waals surface area contributed by atoms with Gasteiger partial charge in [-0.15, -0.1) is 0 Å². The molecule has 15 heavy (non-hydrogen) atoms. The first-order valence-corrected chi connectivity index (χ1v) is 5.55. The van der Waals surface area contributed by atoms with Crippen molar-refractivity contribution >= 4 is 16.0 Å². The molecule has 0 amide bonds. The Morgan fingerprint density at radius 3 is 1.93 bits per heavy atom. The van der Waals surface area contributed by atoms with E-state index in [1.54, 1.807) is 0 Å². The summed E-state index contributed by atoms with van der Waals surface area (Å²) >= 11 is 0. The van der Waals surface area contributed by atoms with Crippen LogP contribution in [0.1, 0.15) is 20.8 Å². The van der Waals surface area contributed by atoms with E-state index in [2.05, 4.69) is 0 Å². The van der Waals surface area contributed by atoms with Crippen molar-refractivity contribution in [1.29, 1.82) is 0 Å². The molecule has 0 radical (unpaired) electrons. The number of carbonyl (C=O) groups is 1. The molecule has 0 aromatic heterocycles. The van der Waals surface area contributed by atoms with Crippen molar-refractivity contribution in [2.45, 2.75) is 32.6 Å². The molecule has 0 aromatic rings. The number of carboxylic acid groups (broad SMARTS) is 1. The topological polar surface area (TPSA) is 83.5 Å². The number of carboxylic acids is 1. The van der Waals surface area contributed by atoms with E-state index in [4.69, 9.17) is 5.11 Å². The molecule has 5 nitrogen and oxygen atoms in total. The van der Waals surface area contributed by atoms with Crippen molar-refractivity contribution < 1.29 is 27.1 Å². The van der Waals surface area contributed by atoms with Gasteiger partial charge in [0.15, 0.2) is 0 Å². The first-order valence-electron chi connectivity index (χ1n) is 4.00. The molecular formula is C7H13F2NO4S. The normalized spacial score (nSPS) is 15.3. The van der Waals surface area contributed by atoms with Gasteiger partial charge in [0.2, 0.25) is 0 Å². The molecule has 90 valence electrons. The molecule has 0 saturated heterocycles. The highest BCUT2D eigenvalue weighted by Crippen LogP contribution is 2.21. The van der Waals surface area contributed by atoms with Crippen LogP contribution in [0.25, 0.3) is 0 Å². The van der Waals surface area contributed by atoms with E-state index in [1.807, 2.05) is 0 Å². The van der Waals surface area contributed by atoms with Crippen LogP contribution in [0.4, 0.5) is 8.78 Å². The van der Waals surface area contributed by atoms with Crippen molar-refractivity contribution in [3.63, 3.8) is 0 Å². The molecule has 0 bridgehead atoms. The molecule has 8 heteroatoms.